The van der Waals surface area contributed by atoms with Gasteiger partial charge in [-0.3, -0.25) is 4.79 Å². The summed E-state index contributed by atoms with van der Waals surface area (Å²) in [4.78, 5) is 22.6. The molecule has 1 unspecified atom stereocenters. The van der Waals surface area contributed by atoms with Crippen molar-refractivity contribution in [1.82, 2.24) is 14.8 Å². The maximum atomic E-state index is 12.6. The van der Waals surface area contributed by atoms with Crippen LogP contribution >= 0.6 is 22.9 Å². The Bertz CT molecular complexity index is 749. The van der Waals surface area contributed by atoms with Crippen LogP contribution in [0.5, 0.6) is 0 Å². The summed E-state index contributed by atoms with van der Waals surface area (Å²) in [6, 6.07) is 7.67. The lowest BCUT2D eigenvalue weighted by molar-refractivity contribution is -0.121. The highest BCUT2D eigenvalue weighted by molar-refractivity contribution is 7.19. The minimum absolute atomic E-state index is 0.0319. The Morgan fingerprint density at radius 1 is 1.46 bits per heavy atom. The molecule has 1 atom stereocenters. The van der Waals surface area contributed by atoms with Gasteiger partial charge in [-0.25, -0.2) is 4.98 Å². The summed E-state index contributed by atoms with van der Waals surface area (Å²) in [5, 5.41) is 4.34. The number of nitrogens with one attached hydrogen (secondary N) is 1. The average molecular weight is 393 g/mol. The Kier molecular flexibility index (Phi) is 6.64. The summed E-state index contributed by atoms with van der Waals surface area (Å²) in [6.07, 6.45) is 3.80. The van der Waals surface area contributed by atoms with Crippen LogP contribution in [0.2, 0.25) is 5.02 Å². The van der Waals surface area contributed by atoms with Crippen LogP contribution in [0, 0.1) is 5.92 Å². The molecule has 1 aliphatic heterocycles. The van der Waals surface area contributed by atoms with Crippen LogP contribution in [0.4, 0.5) is 5.13 Å². The molecule has 0 aliphatic carbocycles. The Hall–Kier alpha value is -1.47. The predicted octanol–water partition coefficient (Wildman–Crippen LogP) is 3.68. The molecule has 0 radical (unpaired) electrons. The first-order valence-corrected chi connectivity index (χ1v) is 10.1. The number of anilines is 1. The van der Waals surface area contributed by atoms with E-state index < -0.39 is 0 Å². The molecule has 26 heavy (non-hydrogen) atoms. The maximum Gasteiger partial charge on any atom is 0.230 e. The van der Waals surface area contributed by atoms with Crippen LogP contribution in [-0.2, 0) is 4.79 Å². The molecule has 3 rings (SSSR count). The lowest BCUT2D eigenvalue weighted by Gasteiger charge is -2.32. The molecule has 2 aromatic rings. The summed E-state index contributed by atoms with van der Waals surface area (Å²) in [5.41, 5.74) is 1.02. The van der Waals surface area contributed by atoms with Crippen LogP contribution < -0.4 is 5.32 Å². The standard InChI is InChI=1S/C19H25ClN4OS/c1-23(2)9-10-24-8-4-6-15(13-24)18(25)22-19-21-12-17(26-19)14-5-3-7-16(20)11-14/h3,5,7,11-12,15H,4,6,8-10,13H2,1-2H3,(H,21,22,25). The number of hydrogen-bond acceptors (Lipinski definition) is 5. The Labute approximate surface area is 164 Å². The Balaban J connectivity index is 1.58. The summed E-state index contributed by atoms with van der Waals surface area (Å²) in [7, 11) is 4.15. The molecule has 1 aromatic carbocycles. The first kappa shape index (κ1) is 19.3. The van der Waals surface area contributed by atoms with Gasteiger partial charge < -0.3 is 15.1 Å². The zero-order valence-corrected chi connectivity index (χ0v) is 16.8. The molecule has 1 aromatic heterocycles. The second kappa shape index (κ2) is 8.95. The lowest BCUT2D eigenvalue weighted by atomic mass is 9.97. The van der Waals surface area contributed by atoms with Crippen molar-refractivity contribution < 1.29 is 4.79 Å². The number of piperidine rings is 1. The second-order valence-electron chi connectivity index (χ2n) is 6.97. The molecule has 140 valence electrons. The SMILES string of the molecule is CN(C)CCN1CCCC(C(=O)Nc2ncc(-c3cccc(Cl)c3)s2)C1. The van der Waals surface area contributed by atoms with Gasteiger partial charge in [0, 0.05) is 30.9 Å². The zero-order chi connectivity index (χ0) is 18.5. The van der Waals surface area contributed by atoms with Crippen molar-refractivity contribution in [3.8, 4) is 10.4 Å². The number of benzene rings is 1. The molecule has 5 nitrogen and oxygen atoms in total. The fourth-order valence-corrected chi connectivity index (χ4v) is 4.13. The second-order valence-corrected chi connectivity index (χ2v) is 8.44. The third-order valence-corrected chi connectivity index (χ3v) is 5.78. The molecule has 2 heterocycles. The van der Waals surface area contributed by atoms with Gasteiger partial charge in [-0.15, -0.1) is 0 Å². The van der Waals surface area contributed by atoms with Gasteiger partial charge in [-0.2, -0.15) is 0 Å². The van der Waals surface area contributed by atoms with Gasteiger partial charge in [0.15, 0.2) is 5.13 Å². The number of carbonyl (C=O) groups is 1. The molecule has 1 aliphatic rings. The van der Waals surface area contributed by atoms with Crippen LogP contribution in [0.1, 0.15) is 12.8 Å². The number of nitrogens with zero attached hydrogens (tertiary/aromatic N) is 3. The minimum atomic E-state index is 0.0319. The lowest BCUT2D eigenvalue weighted by Crippen LogP contribution is -2.43. The number of thiazole rings is 1. The number of carbonyl (C=O) groups excluding carboxylic acids is 1. The van der Waals surface area contributed by atoms with E-state index in [1.807, 2.05) is 24.3 Å². The number of rotatable bonds is 6. The van der Waals surface area contributed by atoms with E-state index in [0.717, 1.165) is 49.5 Å². The fourth-order valence-electron chi connectivity index (χ4n) is 3.13. The topological polar surface area (TPSA) is 48.5 Å². The average Bonchev–Trinajstić information content (AvgIpc) is 3.09. The quantitative estimate of drug-likeness (QED) is 0.814. The molecule has 1 N–H and O–H groups in total. The third-order valence-electron chi connectivity index (χ3n) is 4.58. The number of aromatic nitrogens is 1. The smallest absolute Gasteiger partial charge is 0.230 e. The summed E-state index contributed by atoms with van der Waals surface area (Å²) in [5.74, 6) is 0.107. The normalized spacial score (nSPS) is 18.2. The fraction of sp³-hybridized carbons (Fsp3) is 0.474. The molecule has 1 fully saturated rings. The summed E-state index contributed by atoms with van der Waals surface area (Å²) < 4.78 is 0. The Morgan fingerprint density at radius 2 is 2.31 bits per heavy atom. The molecular formula is C19H25ClN4OS. The number of halogens is 1. The largest absolute Gasteiger partial charge is 0.308 e. The molecule has 0 bridgehead atoms. The first-order valence-electron chi connectivity index (χ1n) is 8.91. The van der Waals surface area contributed by atoms with Gasteiger partial charge in [0.2, 0.25) is 5.91 Å². The molecule has 0 saturated carbocycles. The van der Waals surface area contributed by atoms with E-state index in [1.165, 1.54) is 11.3 Å². The number of amides is 1. The van der Waals surface area contributed by atoms with Crippen LogP contribution in [0.3, 0.4) is 0 Å². The van der Waals surface area contributed by atoms with Crippen molar-refractivity contribution in [2.24, 2.45) is 5.92 Å². The minimum Gasteiger partial charge on any atom is -0.308 e. The Morgan fingerprint density at radius 3 is 3.08 bits per heavy atom. The highest BCUT2D eigenvalue weighted by Crippen LogP contribution is 2.31. The van der Waals surface area contributed by atoms with Crippen molar-refractivity contribution in [3.63, 3.8) is 0 Å². The first-order chi connectivity index (χ1) is 12.5. The molecule has 1 saturated heterocycles. The van der Waals surface area contributed by atoms with Crippen LogP contribution in [0.15, 0.2) is 30.5 Å². The number of likely N-dealkylation sites (tertiary alicyclic amines) is 1. The number of likely N-dealkylation sites (N-methyl/N-ethyl adjacent to an activating group) is 1. The van der Waals surface area contributed by atoms with Crippen LogP contribution in [-0.4, -0.2) is 61.0 Å². The van der Waals surface area contributed by atoms with Gasteiger partial charge in [-0.05, 0) is 51.2 Å². The monoisotopic (exact) mass is 392 g/mol. The van der Waals surface area contributed by atoms with Gasteiger partial charge >= 0.3 is 0 Å². The van der Waals surface area contributed by atoms with Crippen molar-refractivity contribution in [1.29, 1.82) is 0 Å². The maximum absolute atomic E-state index is 12.6. The van der Waals surface area contributed by atoms with E-state index in [0.29, 0.717) is 10.2 Å². The van der Waals surface area contributed by atoms with Crippen molar-refractivity contribution in [2.45, 2.75) is 12.8 Å². The third kappa shape index (κ3) is 5.27. The van der Waals surface area contributed by atoms with E-state index in [9.17, 15) is 4.79 Å². The van der Waals surface area contributed by atoms with Gasteiger partial charge in [-0.1, -0.05) is 35.1 Å². The van der Waals surface area contributed by atoms with Crippen molar-refractivity contribution in [3.05, 3.63) is 35.5 Å². The van der Waals surface area contributed by atoms with E-state index in [-0.39, 0.29) is 11.8 Å². The molecule has 1 amide bonds. The summed E-state index contributed by atoms with van der Waals surface area (Å²) in [6.45, 7) is 3.93. The highest BCUT2D eigenvalue weighted by atomic mass is 35.5. The van der Waals surface area contributed by atoms with Gasteiger partial charge in [0.05, 0.1) is 10.8 Å². The van der Waals surface area contributed by atoms with E-state index in [1.54, 1.807) is 6.20 Å². The summed E-state index contributed by atoms with van der Waals surface area (Å²) >= 11 is 7.53. The predicted molar refractivity (Wildman–Crippen MR) is 109 cm³/mol. The highest BCUT2D eigenvalue weighted by Gasteiger charge is 2.26. The van der Waals surface area contributed by atoms with E-state index in [2.05, 4.69) is 34.2 Å². The van der Waals surface area contributed by atoms with E-state index >= 15 is 0 Å². The number of hydrogen-bond donors (Lipinski definition) is 1. The van der Waals surface area contributed by atoms with Gasteiger partial charge in [0.1, 0.15) is 0 Å². The molecular weight excluding hydrogens is 368 g/mol. The molecule has 7 heteroatoms. The zero-order valence-electron chi connectivity index (χ0n) is 15.2. The van der Waals surface area contributed by atoms with Gasteiger partial charge in [0.25, 0.3) is 0 Å². The van der Waals surface area contributed by atoms with Crippen molar-refractivity contribution >= 4 is 34.0 Å². The molecule has 0 spiro atoms. The van der Waals surface area contributed by atoms with Crippen LogP contribution in [0.25, 0.3) is 10.4 Å². The van der Waals surface area contributed by atoms with Crippen molar-refractivity contribution in [2.75, 3.05) is 45.6 Å². The van der Waals surface area contributed by atoms with E-state index in [4.69, 9.17) is 11.6 Å².